The monoisotopic (exact) mass is 342 g/mol. The highest BCUT2D eigenvalue weighted by atomic mass is 127. The van der Waals surface area contributed by atoms with E-state index < -0.39 is 0 Å². The molecule has 1 heterocycles. The Hall–Kier alpha value is -1.04. The lowest BCUT2D eigenvalue weighted by Crippen LogP contribution is -1.98. The van der Waals surface area contributed by atoms with Gasteiger partial charge in [0.2, 0.25) is 0 Å². The molecule has 0 atom stereocenters. The van der Waals surface area contributed by atoms with Gasteiger partial charge in [-0.3, -0.25) is 0 Å². The summed E-state index contributed by atoms with van der Waals surface area (Å²) in [5.74, 6) is 1.83. The molecule has 0 amide bonds. The zero-order valence-electron chi connectivity index (χ0n) is 9.90. The first-order valence-corrected chi connectivity index (χ1v) is 6.65. The number of hydrogen-bond acceptors (Lipinski definition) is 3. The molecule has 0 saturated carbocycles. The van der Waals surface area contributed by atoms with E-state index in [9.17, 15) is 0 Å². The van der Waals surface area contributed by atoms with Crippen LogP contribution in [0.4, 0.5) is 5.82 Å². The van der Waals surface area contributed by atoms with E-state index in [2.05, 4.69) is 41.6 Å². The number of rotatable bonds is 3. The number of nitrogens with zero attached hydrogens (tertiary/aromatic N) is 1. The van der Waals surface area contributed by atoms with Crippen LogP contribution in [0.5, 0.6) is 0 Å². The summed E-state index contributed by atoms with van der Waals surface area (Å²) in [4.78, 5) is 0. The zero-order valence-corrected chi connectivity index (χ0v) is 12.1. The fraction of sp³-hybridized carbons (Fsp3) is 0.308. The Balaban J connectivity index is 2.41. The van der Waals surface area contributed by atoms with Crippen molar-refractivity contribution in [3.05, 3.63) is 33.4 Å². The third-order valence-corrected chi connectivity index (χ3v) is 3.26. The smallest absolute Gasteiger partial charge is 0.172 e. The van der Waals surface area contributed by atoms with Crippen molar-refractivity contribution < 1.29 is 4.52 Å². The lowest BCUT2D eigenvalue weighted by atomic mass is 10.00. The van der Waals surface area contributed by atoms with E-state index >= 15 is 0 Å². The molecule has 2 aromatic rings. The van der Waals surface area contributed by atoms with Gasteiger partial charge in [0.1, 0.15) is 0 Å². The predicted molar refractivity (Wildman–Crippen MR) is 77.6 cm³/mol. The Morgan fingerprint density at radius 3 is 2.53 bits per heavy atom. The fourth-order valence-electron chi connectivity index (χ4n) is 1.76. The fourth-order valence-corrected chi connectivity index (χ4v) is 2.11. The average molecular weight is 342 g/mol. The normalized spacial score (nSPS) is 11.1. The Morgan fingerprint density at radius 1 is 1.29 bits per heavy atom. The van der Waals surface area contributed by atoms with Crippen molar-refractivity contribution in [2.75, 3.05) is 5.73 Å². The number of aromatic nitrogens is 1. The number of hydrogen-bond donors (Lipinski definition) is 1. The van der Waals surface area contributed by atoms with Crippen LogP contribution in [0, 0.1) is 9.49 Å². The number of anilines is 1. The van der Waals surface area contributed by atoms with E-state index in [-0.39, 0.29) is 0 Å². The van der Waals surface area contributed by atoms with Crippen LogP contribution in [0.3, 0.4) is 0 Å². The van der Waals surface area contributed by atoms with Gasteiger partial charge in [-0.25, -0.2) is 0 Å². The summed E-state index contributed by atoms with van der Waals surface area (Å²) in [6.45, 7) is 4.31. The lowest BCUT2D eigenvalue weighted by molar-refractivity contribution is 0.434. The number of nitrogens with two attached hydrogens (primary N) is 1. The Kier molecular flexibility index (Phi) is 3.71. The van der Waals surface area contributed by atoms with Crippen LogP contribution >= 0.6 is 22.6 Å². The summed E-state index contributed by atoms with van der Waals surface area (Å²) in [5, 5.41) is 3.87. The lowest BCUT2D eigenvalue weighted by Gasteiger charge is -2.05. The van der Waals surface area contributed by atoms with E-state index in [1.54, 1.807) is 0 Å². The molecule has 2 rings (SSSR count). The van der Waals surface area contributed by atoms with Gasteiger partial charge in [-0.1, -0.05) is 31.1 Å². The summed E-state index contributed by atoms with van der Waals surface area (Å²) >= 11 is 2.28. The number of nitrogen functional groups attached to an aromatic ring is 1. The van der Waals surface area contributed by atoms with Gasteiger partial charge in [0, 0.05) is 14.7 Å². The van der Waals surface area contributed by atoms with Gasteiger partial charge in [0.25, 0.3) is 0 Å². The molecule has 4 heteroatoms. The van der Waals surface area contributed by atoms with Crippen LogP contribution in [0.1, 0.15) is 19.4 Å². The second kappa shape index (κ2) is 5.08. The summed E-state index contributed by atoms with van der Waals surface area (Å²) in [6.07, 6.45) is 0.886. The van der Waals surface area contributed by atoms with E-state index in [1.807, 2.05) is 24.3 Å². The number of halogens is 1. The van der Waals surface area contributed by atoms with Crippen molar-refractivity contribution in [1.82, 2.24) is 5.16 Å². The van der Waals surface area contributed by atoms with Crippen molar-refractivity contribution in [2.24, 2.45) is 5.92 Å². The standard InChI is InChI=1S/C13H15IN2O/c1-8(2)7-11-12(17-16-13(11)15)9-3-5-10(14)6-4-9/h3-6,8H,7H2,1-2H3,(H2,15,16). The average Bonchev–Trinajstić information content (AvgIpc) is 2.61. The molecule has 0 aliphatic carbocycles. The highest BCUT2D eigenvalue weighted by Crippen LogP contribution is 2.30. The maximum Gasteiger partial charge on any atom is 0.172 e. The van der Waals surface area contributed by atoms with Gasteiger partial charge < -0.3 is 10.3 Å². The molecule has 0 bridgehead atoms. The van der Waals surface area contributed by atoms with Gasteiger partial charge in [0.15, 0.2) is 11.6 Å². The molecule has 0 aliphatic heterocycles. The largest absolute Gasteiger partial charge is 0.381 e. The molecule has 3 nitrogen and oxygen atoms in total. The molecule has 90 valence electrons. The molecule has 2 N–H and O–H groups in total. The first-order chi connectivity index (χ1) is 8.08. The van der Waals surface area contributed by atoms with Crippen molar-refractivity contribution in [1.29, 1.82) is 0 Å². The van der Waals surface area contributed by atoms with E-state index in [0.29, 0.717) is 11.7 Å². The van der Waals surface area contributed by atoms with Crippen molar-refractivity contribution in [3.8, 4) is 11.3 Å². The van der Waals surface area contributed by atoms with E-state index in [1.165, 1.54) is 3.57 Å². The SMILES string of the molecule is CC(C)Cc1c(N)noc1-c1ccc(I)cc1. The third-order valence-electron chi connectivity index (χ3n) is 2.54. The summed E-state index contributed by atoms with van der Waals surface area (Å²) < 4.78 is 6.54. The van der Waals surface area contributed by atoms with Crippen molar-refractivity contribution in [2.45, 2.75) is 20.3 Å². The van der Waals surface area contributed by atoms with Crippen molar-refractivity contribution in [3.63, 3.8) is 0 Å². The number of benzene rings is 1. The van der Waals surface area contributed by atoms with E-state index in [0.717, 1.165) is 23.3 Å². The first-order valence-electron chi connectivity index (χ1n) is 5.58. The summed E-state index contributed by atoms with van der Waals surface area (Å²) in [7, 11) is 0. The Morgan fingerprint density at radius 2 is 1.94 bits per heavy atom. The summed E-state index contributed by atoms with van der Waals surface area (Å²) in [5.41, 5.74) is 7.90. The van der Waals surface area contributed by atoms with Crippen LogP contribution in [0.25, 0.3) is 11.3 Å². The molecule has 1 aromatic carbocycles. The Bertz CT molecular complexity index is 503. The summed E-state index contributed by atoms with van der Waals surface area (Å²) in [6, 6.07) is 8.17. The molecule has 0 unspecified atom stereocenters. The topological polar surface area (TPSA) is 52.0 Å². The molecule has 0 saturated heterocycles. The third kappa shape index (κ3) is 2.80. The van der Waals surface area contributed by atoms with Gasteiger partial charge >= 0.3 is 0 Å². The van der Waals surface area contributed by atoms with Gasteiger partial charge in [-0.2, -0.15) is 0 Å². The molecule has 0 fully saturated rings. The minimum Gasteiger partial charge on any atom is -0.381 e. The molecule has 0 aliphatic rings. The molecule has 0 spiro atoms. The molecule has 1 aromatic heterocycles. The minimum atomic E-state index is 0.507. The second-order valence-corrected chi connectivity index (χ2v) is 5.73. The molecule has 17 heavy (non-hydrogen) atoms. The van der Waals surface area contributed by atoms with Gasteiger partial charge in [-0.05, 0) is 47.1 Å². The maximum absolute atomic E-state index is 5.85. The van der Waals surface area contributed by atoms with Crippen LogP contribution in [0.15, 0.2) is 28.8 Å². The predicted octanol–water partition coefficient (Wildman–Crippen LogP) is 3.73. The quantitative estimate of drug-likeness (QED) is 0.865. The maximum atomic E-state index is 5.85. The second-order valence-electron chi connectivity index (χ2n) is 4.48. The van der Waals surface area contributed by atoms with Gasteiger partial charge in [-0.15, -0.1) is 0 Å². The van der Waals surface area contributed by atoms with Crippen LogP contribution in [-0.4, -0.2) is 5.16 Å². The zero-order chi connectivity index (χ0) is 12.4. The molecular weight excluding hydrogens is 327 g/mol. The minimum absolute atomic E-state index is 0.507. The van der Waals surface area contributed by atoms with Crippen LogP contribution in [0.2, 0.25) is 0 Å². The van der Waals surface area contributed by atoms with Gasteiger partial charge in [0.05, 0.1) is 0 Å². The van der Waals surface area contributed by atoms with E-state index in [4.69, 9.17) is 10.3 Å². The molecule has 0 radical (unpaired) electrons. The molecular formula is C13H15IN2O. The Labute approximate surface area is 115 Å². The van der Waals surface area contributed by atoms with Crippen LogP contribution < -0.4 is 5.73 Å². The van der Waals surface area contributed by atoms with Crippen LogP contribution in [-0.2, 0) is 6.42 Å². The highest BCUT2D eigenvalue weighted by Gasteiger charge is 2.16. The highest BCUT2D eigenvalue weighted by molar-refractivity contribution is 14.1. The van der Waals surface area contributed by atoms with Crippen molar-refractivity contribution >= 4 is 28.4 Å². The first kappa shape index (κ1) is 12.4.